The summed E-state index contributed by atoms with van der Waals surface area (Å²) in [7, 11) is 0. The van der Waals surface area contributed by atoms with Crippen LogP contribution in [-0.4, -0.2) is 124 Å². The molecule has 18 nitrogen and oxygen atoms in total. The van der Waals surface area contributed by atoms with Gasteiger partial charge in [-0.2, -0.15) is 0 Å². The van der Waals surface area contributed by atoms with Crippen LogP contribution in [0.3, 0.4) is 0 Å². The number of hydrogen-bond acceptors (Lipinski definition) is 17. The number of thiophene rings is 2. The Balaban J connectivity index is 0.000000159. The van der Waals surface area contributed by atoms with E-state index in [9.17, 15) is 28.8 Å². The number of esters is 2. The van der Waals surface area contributed by atoms with Crippen molar-refractivity contribution in [2.45, 2.75) is 73.6 Å². The topological polar surface area (TPSA) is 216 Å². The molecule has 14 rings (SSSR count). The number of ether oxygens (including phenoxy) is 4. The van der Waals surface area contributed by atoms with E-state index < -0.39 is 5.24 Å². The van der Waals surface area contributed by atoms with Crippen LogP contribution in [0.15, 0.2) is 134 Å². The number of rotatable bonds is 11. The standard InChI is InChI=1S/C36H36N4O5S.C22H20N2O3S.C14H17ClN2O2.CH4/c1-3-45-35(43)30-19-25-12-15-40(29-7-5-4-6-27(29)31(25)46-30)34(42)24-8-10-26(11-9-24)38-33(41)28-18-23(2)20-37-32(28)39-21-36(22-39)13-16-44-17-14-36;1-2-27-22(26)19-13-15-11-12-24(21(25)14-7-9-16(23)10-8-14)18-6-4-3-5-17(18)20(15)28-19;1-10-6-11(12(15)18)13(16-7-10)17-8-14(9-17)2-4-19-5-3-14;/h4-11,18-20H,3,12-17,21-22H2,1-2H3,(H,38,41);3-10,13H,2,11-12,23H2,1H3;6-7H,2-5,8-9H2,1H3;1H4. The average molecular weight is 1330 g/mol. The first-order chi connectivity index (χ1) is 45.0. The summed E-state index contributed by atoms with van der Waals surface area (Å²) in [4.78, 5) is 96.8. The maximum Gasteiger partial charge on any atom is 0.348 e. The lowest BCUT2D eigenvalue weighted by molar-refractivity contribution is -0.000649. The first-order valence-electron chi connectivity index (χ1n) is 31.5. The molecule has 4 fully saturated rings. The first-order valence-corrected chi connectivity index (χ1v) is 33.5. The molecule has 4 saturated heterocycles. The predicted molar refractivity (Wildman–Crippen MR) is 372 cm³/mol. The van der Waals surface area contributed by atoms with Gasteiger partial charge in [0.25, 0.3) is 23.0 Å². The lowest BCUT2D eigenvalue weighted by Gasteiger charge is -2.53. The number of fused-ring (bicyclic) bond motifs is 6. The Morgan fingerprint density at radius 2 is 1.00 bits per heavy atom. The van der Waals surface area contributed by atoms with E-state index in [1.165, 1.54) is 22.7 Å². The van der Waals surface area contributed by atoms with Crippen molar-refractivity contribution in [3.63, 3.8) is 0 Å². The molecule has 2 spiro atoms. The van der Waals surface area contributed by atoms with Crippen molar-refractivity contribution < 1.29 is 47.7 Å². The smallest absolute Gasteiger partial charge is 0.348 e. The van der Waals surface area contributed by atoms with Gasteiger partial charge in [0.2, 0.25) is 0 Å². The van der Waals surface area contributed by atoms with Crippen LogP contribution >= 0.6 is 34.3 Å². The summed E-state index contributed by atoms with van der Waals surface area (Å²) in [5.41, 5.74) is 17.3. The second kappa shape index (κ2) is 28.8. The van der Waals surface area contributed by atoms with Crippen LogP contribution in [0.25, 0.3) is 20.9 Å². The summed E-state index contributed by atoms with van der Waals surface area (Å²) in [5.74, 6) is 0.388. The van der Waals surface area contributed by atoms with E-state index in [4.69, 9.17) is 36.3 Å². The Labute approximate surface area is 561 Å². The molecule has 4 aromatic heterocycles. The molecular weight excluding hydrogens is 1250 g/mol. The number of nitrogen functional groups attached to an aromatic ring is 1. The second-order valence-electron chi connectivity index (χ2n) is 24.5. The van der Waals surface area contributed by atoms with Crippen LogP contribution in [0.5, 0.6) is 0 Å². The van der Waals surface area contributed by atoms with E-state index in [0.29, 0.717) is 93.8 Å². The third-order valence-electron chi connectivity index (χ3n) is 18.0. The molecule has 0 bridgehead atoms. The van der Waals surface area contributed by atoms with Crippen LogP contribution in [0, 0.1) is 24.7 Å². The van der Waals surface area contributed by atoms with Crippen LogP contribution in [0.1, 0.15) is 130 Å². The second-order valence-corrected chi connectivity index (χ2v) is 26.9. The molecule has 3 amide bonds. The third-order valence-corrected chi connectivity index (χ3v) is 20.6. The van der Waals surface area contributed by atoms with Crippen molar-refractivity contribution >= 4 is 104 Å². The fourth-order valence-corrected chi connectivity index (χ4v) is 15.5. The SMILES string of the molecule is C.CCOC(=O)c1cc2c(s1)-c1ccccc1N(C(=O)c1ccc(N)cc1)CC2.CCOC(=O)c1cc2c(s1)-c1ccccc1N(C(=O)c1ccc(NC(=O)c3cc(C)cnc3N3CC4(CCOCC4)C3)cc1)CC2.Cc1cnc(N2CC3(CCOCC3)C2)c(C(=O)Cl)c1. The molecule has 3 N–H and O–H groups in total. The van der Waals surface area contributed by atoms with Crippen LogP contribution < -0.4 is 30.7 Å². The normalized spacial score (nSPS) is 16.2. The number of amides is 3. The number of hydrogen-bond donors (Lipinski definition) is 2. The van der Waals surface area contributed by atoms with Gasteiger partial charge in [-0.1, -0.05) is 43.8 Å². The highest BCUT2D eigenvalue weighted by Crippen LogP contribution is 2.46. The lowest BCUT2D eigenvalue weighted by Crippen LogP contribution is -2.59. The summed E-state index contributed by atoms with van der Waals surface area (Å²) in [6.45, 7) is 16.0. The zero-order chi connectivity index (χ0) is 65.0. The van der Waals surface area contributed by atoms with E-state index in [-0.39, 0.29) is 42.5 Å². The van der Waals surface area contributed by atoms with Crippen LogP contribution in [0.4, 0.5) is 34.4 Å². The van der Waals surface area contributed by atoms with Crippen molar-refractivity contribution in [3.8, 4) is 20.9 Å². The molecule has 94 heavy (non-hydrogen) atoms. The van der Waals surface area contributed by atoms with Crippen LogP contribution in [0.2, 0.25) is 0 Å². The summed E-state index contributed by atoms with van der Waals surface area (Å²) >= 11 is 8.48. The Kier molecular flexibility index (Phi) is 20.4. The molecule has 10 heterocycles. The summed E-state index contributed by atoms with van der Waals surface area (Å²) in [5, 5.41) is 2.58. The number of aryl methyl sites for hydroxylation is 2. The molecule has 6 aliphatic heterocycles. The molecule has 0 atom stereocenters. The van der Waals surface area contributed by atoms with E-state index in [2.05, 4.69) is 25.1 Å². The van der Waals surface area contributed by atoms with E-state index in [1.807, 2.05) is 86.6 Å². The van der Waals surface area contributed by atoms with Crippen molar-refractivity contribution in [2.24, 2.45) is 10.8 Å². The van der Waals surface area contributed by atoms with Crippen molar-refractivity contribution in [1.29, 1.82) is 0 Å². The molecular formula is C73H77ClN8O10S2. The number of anilines is 6. The summed E-state index contributed by atoms with van der Waals surface area (Å²) in [6, 6.07) is 37.1. The van der Waals surface area contributed by atoms with Gasteiger partial charge in [0.15, 0.2) is 0 Å². The molecule has 6 aliphatic rings. The molecule has 0 aliphatic carbocycles. The quantitative estimate of drug-likeness (QED) is 0.0699. The molecule has 0 radical (unpaired) electrons. The van der Waals surface area contributed by atoms with Gasteiger partial charge < -0.3 is 49.6 Å². The largest absolute Gasteiger partial charge is 0.462 e. The zero-order valence-corrected chi connectivity index (χ0v) is 54.9. The van der Waals surface area contributed by atoms with E-state index in [1.54, 1.807) is 84.6 Å². The fraction of sp³-hybridized carbons (Fsp3) is 0.342. The fourth-order valence-electron chi connectivity index (χ4n) is 13.1. The van der Waals surface area contributed by atoms with E-state index in [0.717, 1.165) is 139 Å². The first kappa shape index (κ1) is 66.7. The maximum atomic E-state index is 13.9. The molecule has 8 aromatic rings. The van der Waals surface area contributed by atoms with Gasteiger partial charge in [-0.25, -0.2) is 19.6 Å². The maximum absolute atomic E-state index is 13.9. The van der Waals surface area contributed by atoms with Gasteiger partial charge in [-0.05, 0) is 185 Å². The predicted octanol–water partition coefficient (Wildman–Crippen LogP) is 13.8. The lowest BCUT2D eigenvalue weighted by atomic mass is 9.73. The highest BCUT2D eigenvalue weighted by atomic mass is 35.5. The number of nitrogens with zero attached hydrogens (tertiary/aromatic N) is 6. The minimum atomic E-state index is -0.431. The highest BCUT2D eigenvalue weighted by molar-refractivity contribution is 7.18. The third kappa shape index (κ3) is 14.2. The summed E-state index contributed by atoms with van der Waals surface area (Å²) < 4.78 is 21.3. The number of nitrogens with one attached hydrogen (secondary N) is 1. The Hall–Kier alpha value is -8.79. The van der Waals surface area contributed by atoms with E-state index >= 15 is 0 Å². The Morgan fingerprint density at radius 1 is 0.585 bits per heavy atom. The van der Waals surface area contributed by atoms with Gasteiger partial charge in [0.05, 0.1) is 35.7 Å². The van der Waals surface area contributed by atoms with Crippen molar-refractivity contribution in [1.82, 2.24) is 9.97 Å². The van der Waals surface area contributed by atoms with Crippen molar-refractivity contribution in [2.75, 3.05) is 110 Å². The molecule has 488 valence electrons. The summed E-state index contributed by atoms with van der Waals surface area (Å²) in [6.07, 6.45) is 9.14. The highest BCUT2D eigenvalue weighted by Gasteiger charge is 2.47. The van der Waals surface area contributed by atoms with Gasteiger partial charge in [-0.15, -0.1) is 22.7 Å². The minimum absolute atomic E-state index is 0. The Morgan fingerprint density at radius 3 is 1.44 bits per heavy atom. The monoisotopic (exact) mass is 1320 g/mol. The number of carbonyl (C=O) groups excluding carboxylic acids is 6. The number of pyridine rings is 2. The Bertz CT molecular complexity index is 4130. The number of aromatic nitrogens is 2. The van der Waals surface area contributed by atoms with Gasteiger partial charge in [-0.3, -0.25) is 19.2 Å². The molecule has 0 unspecified atom stereocenters. The van der Waals surface area contributed by atoms with Gasteiger partial charge >= 0.3 is 11.9 Å². The number of halogens is 1. The number of nitrogens with two attached hydrogens (primary N) is 1. The van der Waals surface area contributed by atoms with Crippen LogP contribution in [-0.2, 0) is 31.8 Å². The molecule has 21 heteroatoms. The number of benzene rings is 4. The van der Waals surface area contributed by atoms with Crippen molar-refractivity contribution in [3.05, 3.63) is 188 Å². The average Bonchev–Trinajstić information content (AvgIpc) is 0.989. The molecule has 4 aromatic carbocycles. The van der Waals surface area contributed by atoms with Gasteiger partial charge in [0, 0.05) is 132 Å². The number of carbonyl (C=O) groups is 6. The minimum Gasteiger partial charge on any atom is -0.462 e. The van der Waals surface area contributed by atoms with Gasteiger partial charge in [0.1, 0.15) is 21.4 Å². The number of para-hydroxylation sites is 2. The molecule has 0 saturated carbocycles. The zero-order valence-electron chi connectivity index (χ0n) is 52.5.